The van der Waals surface area contributed by atoms with Gasteiger partial charge < -0.3 is 22.9 Å². The fraction of sp³-hybridized carbons (Fsp3) is 0.417. The van der Waals surface area contributed by atoms with E-state index in [0.717, 1.165) is 0 Å². The van der Waals surface area contributed by atoms with Crippen molar-refractivity contribution in [3.63, 3.8) is 0 Å². The van der Waals surface area contributed by atoms with E-state index in [1.165, 1.54) is 0 Å². The van der Waals surface area contributed by atoms with Crippen molar-refractivity contribution in [2.45, 2.75) is 26.3 Å². The Balaban J connectivity index is 0.00000289. The zero-order valence-corrected chi connectivity index (χ0v) is 11.2. The number of nitrogens with zero attached hydrogens (tertiary/aromatic N) is 1. The molecule has 0 fully saturated rings. The molecule has 6 heteroatoms. The number of halogens is 1. The first-order chi connectivity index (χ1) is 8.10. The molecule has 1 unspecified atom stereocenters. The average molecular weight is 273 g/mol. The van der Waals surface area contributed by atoms with Gasteiger partial charge >= 0.3 is 5.97 Å². The predicted octanol–water partition coefficient (Wildman–Crippen LogP) is -2.41. The number of primary amides is 1. The Morgan fingerprint density at radius 3 is 2.61 bits per heavy atom. The van der Waals surface area contributed by atoms with E-state index in [9.17, 15) is 9.59 Å². The number of ether oxygens (including phenoxy) is 1. The summed E-state index contributed by atoms with van der Waals surface area (Å²) in [6.07, 6.45) is 3.87. The number of hydrogen-bond acceptors (Lipinski definition) is 3. The minimum Gasteiger partial charge on any atom is -1.00 e. The third kappa shape index (κ3) is 4.00. The maximum atomic E-state index is 11.7. The van der Waals surface area contributed by atoms with Crippen molar-refractivity contribution in [1.82, 2.24) is 0 Å². The molecule has 0 aliphatic heterocycles. The molecule has 0 saturated carbocycles. The number of pyridine rings is 1. The number of hydrogen-bond donors (Lipinski definition) is 1. The molecule has 18 heavy (non-hydrogen) atoms. The second-order valence-corrected chi connectivity index (χ2v) is 3.58. The SMILES string of the molecule is CCOC(=O)C(CC)[n+]1cccc(C(N)=O)c1.[Cl-]. The fourth-order valence-electron chi connectivity index (χ4n) is 1.57. The number of nitrogens with two attached hydrogens (primary N) is 1. The van der Waals surface area contributed by atoms with Crippen LogP contribution in [0.1, 0.15) is 36.7 Å². The van der Waals surface area contributed by atoms with Crippen molar-refractivity contribution >= 4 is 11.9 Å². The molecule has 1 amide bonds. The van der Waals surface area contributed by atoms with Crippen molar-refractivity contribution in [1.29, 1.82) is 0 Å². The lowest BCUT2D eigenvalue weighted by Gasteiger charge is -2.09. The summed E-state index contributed by atoms with van der Waals surface area (Å²) in [5.41, 5.74) is 5.56. The highest BCUT2D eigenvalue weighted by atomic mass is 35.5. The van der Waals surface area contributed by atoms with E-state index in [0.29, 0.717) is 18.6 Å². The maximum Gasteiger partial charge on any atom is 0.375 e. The van der Waals surface area contributed by atoms with E-state index in [4.69, 9.17) is 10.5 Å². The lowest BCUT2D eigenvalue weighted by atomic mass is 10.2. The molecule has 1 atom stereocenters. The monoisotopic (exact) mass is 272 g/mol. The molecule has 0 spiro atoms. The van der Waals surface area contributed by atoms with Crippen LogP contribution in [0.15, 0.2) is 24.5 Å². The highest BCUT2D eigenvalue weighted by Gasteiger charge is 2.27. The Morgan fingerprint density at radius 2 is 2.11 bits per heavy atom. The number of amides is 1. The zero-order chi connectivity index (χ0) is 12.8. The molecule has 0 bridgehead atoms. The van der Waals surface area contributed by atoms with Crippen LogP contribution in [0.2, 0.25) is 0 Å². The molecule has 0 saturated heterocycles. The first kappa shape index (κ1) is 16.4. The normalized spacial score (nSPS) is 11.2. The van der Waals surface area contributed by atoms with E-state index in [-0.39, 0.29) is 18.4 Å². The van der Waals surface area contributed by atoms with E-state index in [1.807, 2.05) is 6.92 Å². The Kier molecular flexibility index (Phi) is 6.97. The summed E-state index contributed by atoms with van der Waals surface area (Å²) in [6.45, 7) is 3.98. The van der Waals surface area contributed by atoms with Gasteiger partial charge in [-0.25, -0.2) is 4.79 Å². The minimum absolute atomic E-state index is 0. The van der Waals surface area contributed by atoms with Crippen molar-refractivity contribution in [3.8, 4) is 0 Å². The number of rotatable bonds is 5. The molecule has 1 aromatic rings. The van der Waals surface area contributed by atoms with Crippen LogP contribution in [-0.4, -0.2) is 18.5 Å². The molecule has 0 aromatic carbocycles. The van der Waals surface area contributed by atoms with Gasteiger partial charge in [-0.1, -0.05) is 6.92 Å². The van der Waals surface area contributed by atoms with Crippen LogP contribution < -0.4 is 22.7 Å². The summed E-state index contributed by atoms with van der Waals surface area (Å²) >= 11 is 0. The summed E-state index contributed by atoms with van der Waals surface area (Å²) < 4.78 is 6.62. The molecular weight excluding hydrogens is 256 g/mol. The van der Waals surface area contributed by atoms with Gasteiger partial charge in [0.05, 0.1) is 6.61 Å². The molecule has 5 nitrogen and oxygen atoms in total. The molecule has 2 N–H and O–H groups in total. The van der Waals surface area contributed by atoms with Crippen LogP contribution >= 0.6 is 0 Å². The van der Waals surface area contributed by atoms with Gasteiger partial charge in [0.1, 0.15) is 5.56 Å². The summed E-state index contributed by atoms with van der Waals surface area (Å²) in [7, 11) is 0. The van der Waals surface area contributed by atoms with Crippen LogP contribution in [-0.2, 0) is 9.53 Å². The van der Waals surface area contributed by atoms with Crippen LogP contribution in [0, 0.1) is 0 Å². The number of aromatic nitrogens is 1. The topological polar surface area (TPSA) is 73.3 Å². The van der Waals surface area contributed by atoms with Crippen molar-refractivity contribution in [2.24, 2.45) is 5.73 Å². The van der Waals surface area contributed by atoms with Crippen molar-refractivity contribution < 1.29 is 31.3 Å². The lowest BCUT2D eigenvalue weighted by molar-refractivity contribution is -0.711. The van der Waals surface area contributed by atoms with E-state index >= 15 is 0 Å². The van der Waals surface area contributed by atoms with Gasteiger partial charge in [0.15, 0.2) is 12.4 Å². The van der Waals surface area contributed by atoms with Gasteiger partial charge in [-0.3, -0.25) is 4.79 Å². The standard InChI is InChI=1S/C12H16N2O3.ClH/c1-3-10(12(16)17-4-2)14-7-5-6-9(8-14)11(13)15;/h5-8,10H,3-4H2,1-2H3,(H-,13,15);1H. The molecule has 0 aliphatic carbocycles. The Labute approximate surface area is 112 Å². The van der Waals surface area contributed by atoms with Crippen LogP contribution in [0.3, 0.4) is 0 Å². The summed E-state index contributed by atoms with van der Waals surface area (Å²) in [6, 6.07) is 2.87. The van der Waals surface area contributed by atoms with Gasteiger partial charge in [0.25, 0.3) is 11.9 Å². The second-order valence-electron chi connectivity index (χ2n) is 3.58. The summed E-state index contributed by atoms with van der Waals surface area (Å²) in [4.78, 5) is 22.7. The molecular formula is C12H17ClN2O3. The summed E-state index contributed by atoms with van der Waals surface area (Å²) in [5, 5.41) is 0. The highest BCUT2D eigenvalue weighted by molar-refractivity contribution is 5.92. The second kappa shape index (κ2) is 7.66. The number of carbonyl (C=O) groups is 2. The van der Waals surface area contributed by atoms with Gasteiger partial charge in [-0.2, -0.15) is 4.57 Å². The molecule has 1 rings (SSSR count). The minimum atomic E-state index is -0.516. The first-order valence-electron chi connectivity index (χ1n) is 5.57. The molecule has 0 aliphatic rings. The third-order valence-electron chi connectivity index (χ3n) is 2.41. The Hall–Kier alpha value is -1.62. The highest BCUT2D eigenvalue weighted by Crippen LogP contribution is 2.06. The summed E-state index contributed by atoms with van der Waals surface area (Å²) in [5.74, 6) is -0.820. The molecule has 100 valence electrons. The molecule has 1 aromatic heterocycles. The third-order valence-corrected chi connectivity index (χ3v) is 2.41. The average Bonchev–Trinajstić information content (AvgIpc) is 2.30. The number of esters is 1. The zero-order valence-electron chi connectivity index (χ0n) is 10.4. The fourth-order valence-corrected chi connectivity index (χ4v) is 1.57. The van der Waals surface area contributed by atoms with Crippen molar-refractivity contribution in [3.05, 3.63) is 30.1 Å². The predicted molar refractivity (Wildman–Crippen MR) is 61.1 cm³/mol. The van der Waals surface area contributed by atoms with Crippen LogP contribution in [0.5, 0.6) is 0 Å². The quantitative estimate of drug-likeness (QED) is 0.479. The van der Waals surface area contributed by atoms with Gasteiger partial charge in [-0.05, 0) is 13.0 Å². The Morgan fingerprint density at radius 1 is 1.44 bits per heavy atom. The number of carbonyl (C=O) groups excluding carboxylic acids is 2. The van der Waals surface area contributed by atoms with Gasteiger partial charge in [0, 0.05) is 12.5 Å². The smallest absolute Gasteiger partial charge is 0.375 e. The van der Waals surface area contributed by atoms with Crippen molar-refractivity contribution in [2.75, 3.05) is 6.61 Å². The van der Waals surface area contributed by atoms with Crippen LogP contribution in [0.25, 0.3) is 0 Å². The lowest BCUT2D eigenvalue weighted by Crippen LogP contribution is -3.00. The Bertz CT molecular complexity index is 424. The van der Waals surface area contributed by atoms with E-state index in [2.05, 4.69) is 0 Å². The maximum absolute atomic E-state index is 11.7. The van der Waals surface area contributed by atoms with E-state index < -0.39 is 11.9 Å². The van der Waals surface area contributed by atoms with Crippen LogP contribution in [0.4, 0.5) is 0 Å². The molecule has 0 radical (unpaired) electrons. The van der Waals surface area contributed by atoms with Gasteiger partial charge in [0.2, 0.25) is 0 Å². The van der Waals surface area contributed by atoms with E-state index in [1.54, 1.807) is 36.0 Å². The largest absolute Gasteiger partial charge is 1.00 e. The first-order valence-corrected chi connectivity index (χ1v) is 5.57. The molecule has 1 heterocycles. The van der Waals surface area contributed by atoms with Gasteiger partial charge in [-0.15, -0.1) is 0 Å².